The minimum Gasteiger partial charge on any atom is -0.508 e. The van der Waals surface area contributed by atoms with E-state index in [0.29, 0.717) is 38.8 Å². The summed E-state index contributed by atoms with van der Waals surface area (Å²) in [5.74, 6) is -6.11. The summed E-state index contributed by atoms with van der Waals surface area (Å²) in [5.41, 5.74) is 4.74. The first kappa shape index (κ1) is 33.7. The summed E-state index contributed by atoms with van der Waals surface area (Å²) in [6.45, 7) is 2.03. The number of hydrazine groups is 1. The van der Waals surface area contributed by atoms with E-state index in [1.807, 2.05) is 25.1 Å². The molecule has 2 heterocycles. The third-order valence-corrected chi connectivity index (χ3v) is 11.7. The molecule has 4 aromatic carbocycles. The standard InChI is InChI=1S/C41H35ClFN3O6/c1-3-22-4-14-27(15-5-22)45-37(48)31-19-18-29-32(35(31)39(45)50)21-33-38(49)46(44-26-12-10-25(43)11-13-26)40(51)41(33,23-6-8-24(42)9-7-23)36(29)30-17-16-28(52-2)20-34(30)47/h4-18,20,31-33,35-36,44,47H,3,19,21H2,1-2H3/t31-,32+,33-,35-,36+,41+/m0/s1. The largest absolute Gasteiger partial charge is 0.508 e. The summed E-state index contributed by atoms with van der Waals surface area (Å²) in [5, 5.41) is 13.1. The van der Waals surface area contributed by atoms with Crippen LogP contribution in [0, 0.1) is 29.5 Å². The van der Waals surface area contributed by atoms with Gasteiger partial charge in [0.05, 0.1) is 41.7 Å². The van der Waals surface area contributed by atoms with Crippen LogP contribution in [0.2, 0.25) is 5.02 Å². The van der Waals surface area contributed by atoms with Crippen molar-refractivity contribution >= 4 is 46.6 Å². The van der Waals surface area contributed by atoms with Crippen LogP contribution in [0.5, 0.6) is 11.5 Å². The molecule has 4 aromatic rings. The van der Waals surface area contributed by atoms with Crippen LogP contribution in [0.25, 0.3) is 0 Å². The molecule has 52 heavy (non-hydrogen) atoms. The zero-order chi connectivity index (χ0) is 36.5. The van der Waals surface area contributed by atoms with Gasteiger partial charge in [-0.25, -0.2) is 4.39 Å². The minimum absolute atomic E-state index is 0.0802. The highest BCUT2D eigenvalue weighted by Crippen LogP contribution is 2.65. The number of carbonyl (C=O) groups excluding carboxylic acids is 4. The van der Waals surface area contributed by atoms with E-state index in [-0.39, 0.29) is 30.4 Å². The van der Waals surface area contributed by atoms with Crippen LogP contribution in [0.3, 0.4) is 0 Å². The summed E-state index contributed by atoms with van der Waals surface area (Å²) in [7, 11) is 1.47. The lowest BCUT2D eigenvalue weighted by Crippen LogP contribution is -2.53. The Bertz CT molecular complexity index is 2150. The first-order valence-corrected chi connectivity index (χ1v) is 17.7. The molecule has 3 fully saturated rings. The number of hydrogen-bond acceptors (Lipinski definition) is 7. The maximum atomic E-state index is 15.2. The Morgan fingerprint density at radius 1 is 0.904 bits per heavy atom. The topological polar surface area (TPSA) is 116 Å². The zero-order valence-corrected chi connectivity index (χ0v) is 29.1. The van der Waals surface area contributed by atoms with Gasteiger partial charge < -0.3 is 9.84 Å². The molecule has 0 bridgehead atoms. The molecule has 4 amide bonds. The number of carbonyl (C=O) groups is 4. The van der Waals surface area contributed by atoms with Crippen molar-refractivity contribution in [3.63, 3.8) is 0 Å². The number of nitrogens with one attached hydrogen (secondary N) is 1. The van der Waals surface area contributed by atoms with Gasteiger partial charge in [0.2, 0.25) is 11.8 Å². The number of amides is 4. The molecular weight excluding hydrogens is 685 g/mol. The number of phenolic OH excluding ortho intramolecular Hbond substituents is 1. The van der Waals surface area contributed by atoms with Crippen molar-refractivity contribution in [2.24, 2.45) is 23.7 Å². The SMILES string of the molecule is CCc1ccc(N2C(=O)[C@H]3[C@H](CC=C4[C@H]3C[C@H]3C(=O)N(Nc5ccc(F)cc5)C(=O)[C@@]3(c3ccc(Cl)cc3)[C@H]4c3ccc(OC)cc3O)C2=O)cc1. The number of methoxy groups -OCH3 is 1. The Kier molecular flexibility index (Phi) is 8.17. The summed E-state index contributed by atoms with van der Waals surface area (Å²) < 4.78 is 19.3. The molecule has 0 aromatic heterocycles. The number of allylic oxidation sites excluding steroid dienone is 2. The molecule has 11 heteroatoms. The number of benzene rings is 4. The van der Waals surface area contributed by atoms with Gasteiger partial charge in [-0.3, -0.25) is 29.5 Å². The normalized spacial score (nSPS) is 26.5. The molecule has 8 rings (SSSR count). The summed E-state index contributed by atoms with van der Waals surface area (Å²) in [6, 6.07) is 24.2. The van der Waals surface area contributed by atoms with Crippen LogP contribution in [-0.4, -0.2) is 40.9 Å². The van der Waals surface area contributed by atoms with Crippen molar-refractivity contribution in [1.29, 1.82) is 0 Å². The third kappa shape index (κ3) is 4.95. The number of aromatic hydroxyl groups is 1. The van der Waals surface area contributed by atoms with Crippen molar-refractivity contribution in [3.8, 4) is 11.5 Å². The molecule has 1 saturated carbocycles. The molecule has 2 saturated heterocycles. The van der Waals surface area contributed by atoms with E-state index in [2.05, 4.69) is 5.43 Å². The fraction of sp³-hybridized carbons (Fsp3) is 0.268. The van der Waals surface area contributed by atoms with Crippen LogP contribution in [0.15, 0.2) is 103 Å². The molecule has 6 atom stereocenters. The van der Waals surface area contributed by atoms with E-state index in [9.17, 15) is 23.9 Å². The van der Waals surface area contributed by atoms with Crippen molar-refractivity contribution in [1.82, 2.24) is 5.01 Å². The number of fused-ring (bicyclic) bond motifs is 4. The van der Waals surface area contributed by atoms with Gasteiger partial charge in [0, 0.05) is 22.6 Å². The molecule has 2 N–H and O–H groups in total. The highest BCUT2D eigenvalue weighted by atomic mass is 35.5. The lowest BCUT2D eigenvalue weighted by Gasteiger charge is -2.50. The molecule has 264 valence electrons. The number of aryl methyl sites for hydroxylation is 1. The fourth-order valence-corrected chi connectivity index (χ4v) is 9.16. The molecule has 4 aliphatic rings. The predicted molar refractivity (Wildman–Crippen MR) is 192 cm³/mol. The highest BCUT2D eigenvalue weighted by molar-refractivity contribution is 6.30. The monoisotopic (exact) mass is 719 g/mol. The van der Waals surface area contributed by atoms with Gasteiger partial charge in [-0.2, -0.15) is 5.01 Å². The maximum absolute atomic E-state index is 15.2. The van der Waals surface area contributed by atoms with Gasteiger partial charge in [-0.15, -0.1) is 0 Å². The Hall–Kier alpha value is -5.48. The third-order valence-electron chi connectivity index (χ3n) is 11.4. The zero-order valence-electron chi connectivity index (χ0n) is 28.4. The van der Waals surface area contributed by atoms with Crippen molar-refractivity contribution in [2.45, 2.75) is 37.5 Å². The van der Waals surface area contributed by atoms with E-state index in [0.717, 1.165) is 17.0 Å². The van der Waals surface area contributed by atoms with Gasteiger partial charge in [0.25, 0.3) is 11.8 Å². The smallest absolute Gasteiger partial charge is 0.260 e. The fourth-order valence-electron chi connectivity index (χ4n) is 9.03. The van der Waals surface area contributed by atoms with Crippen molar-refractivity contribution in [2.75, 3.05) is 17.4 Å². The average molecular weight is 720 g/mol. The van der Waals surface area contributed by atoms with Crippen molar-refractivity contribution in [3.05, 3.63) is 130 Å². The van der Waals surface area contributed by atoms with E-state index < -0.39 is 52.6 Å². The highest BCUT2D eigenvalue weighted by Gasteiger charge is 2.70. The van der Waals surface area contributed by atoms with E-state index >= 15 is 4.79 Å². The van der Waals surface area contributed by atoms with E-state index in [4.69, 9.17) is 16.3 Å². The van der Waals surface area contributed by atoms with Crippen LogP contribution in [0.4, 0.5) is 15.8 Å². The second-order valence-electron chi connectivity index (χ2n) is 13.8. The Morgan fingerprint density at radius 2 is 1.62 bits per heavy atom. The van der Waals surface area contributed by atoms with Crippen LogP contribution in [0.1, 0.15) is 42.4 Å². The van der Waals surface area contributed by atoms with E-state index in [1.54, 1.807) is 48.5 Å². The predicted octanol–water partition coefficient (Wildman–Crippen LogP) is 6.95. The minimum atomic E-state index is -1.61. The number of imide groups is 2. The quantitative estimate of drug-likeness (QED) is 0.157. The van der Waals surface area contributed by atoms with Gasteiger partial charge in [0.15, 0.2) is 0 Å². The van der Waals surface area contributed by atoms with Gasteiger partial charge >= 0.3 is 0 Å². The van der Waals surface area contributed by atoms with Gasteiger partial charge in [0.1, 0.15) is 17.3 Å². The van der Waals surface area contributed by atoms with Crippen LogP contribution in [-0.2, 0) is 31.0 Å². The molecule has 2 aliphatic carbocycles. The Morgan fingerprint density at radius 3 is 2.27 bits per heavy atom. The number of nitrogens with zero attached hydrogens (tertiary/aromatic N) is 2. The summed E-state index contributed by atoms with van der Waals surface area (Å²) in [4.78, 5) is 59.8. The first-order valence-electron chi connectivity index (χ1n) is 17.3. The number of hydrogen-bond donors (Lipinski definition) is 2. The molecule has 0 radical (unpaired) electrons. The lowest BCUT2D eigenvalue weighted by atomic mass is 9.49. The van der Waals surface area contributed by atoms with Crippen molar-refractivity contribution < 1.29 is 33.4 Å². The van der Waals surface area contributed by atoms with Gasteiger partial charge in [-0.1, -0.05) is 60.5 Å². The van der Waals surface area contributed by atoms with Crippen LogP contribution < -0.4 is 15.1 Å². The number of anilines is 2. The second kappa shape index (κ2) is 12.6. The first-order chi connectivity index (χ1) is 25.1. The maximum Gasteiger partial charge on any atom is 0.260 e. The molecule has 0 unspecified atom stereocenters. The number of rotatable bonds is 7. The summed E-state index contributed by atoms with van der Waals surface area (Å²) in [6.07, 6.45) is 3.05. The molecule has 2 aliphatic heterocycles. The van der Waals surface area contributed by atoms with E-state index in [1.165, 1.54) is 42.3 Å². The lowest BCUT2D eigenvalue weighted by molar-refractivity contribution is -0.138. The number of ether oxygens (including phenoxy) is 1. The molecule has 0 spiro atoms. The molecule has 9 nitrogen and oxygen atoms in total. The van der Waals surface area contributed by atoms with Crippen LogP contribution >= 0.6 is 11.6 Å². The summed E-state index contributed by atoms with van der Waals surface area (Å²) >= 11 is 6.35. The second-order valence-corrected chi connectivity index (χ2v) is 14.3. The number of halogens is 2. The molecular formula is C41H35ClFN3O6. The number of phenols is 1. The Balaban J connectivity index is 1.32. The average Bonchev–Trinajstić information content (AvgIpc) is 3.53. The van der Waals surface area contributed by atoms with Gasteiger partial charge in [-0.05, 0) is 90.9 Å². The Labute approximate surface area is 304 Å².